The minimum atomic E-state index is -2.31. The molecule has 0 bridgehead atoms. The van der Waals surface area contributed by atoms with Crippen molar-refractivity contribution in [2.75, 3.05) is 9.80 Å². The average molecular weight is 665 g/mol. The summed E-state index contributed by atoms with van der Waals surface area (Å²) >= 11 is 14.5. The van der Waals surface area contributed by atoms with Crippen molar-refractivity contribution in [1.82, 2.24) is 0 Å². The average Bonchev–Trinajstić information content (AvgIpc) is 3.37. The molecule has 234 valence electrons. The van der Waals surface area contributed by atoms with Gasteiger partial charge in [0, 0.05) is 17.0 Å². The summed E-state index contributed by atoms with van der Waals surface area (Å²) < 4.78 is 28.6. The molecule has 1 N–H and O–H groups in total. The Balaban J connectivity index is 1.38. The molecule has 2 heterocycles. The molecule has 0 radical (unpaired) electrons. The predicted molar refractivity (Wildman–Crippen MR) is 164 cm³/mol. The zero-order chi connectivity index (χ0) is 32.9. The van der Waals surface area contributed by atoms with E-state index in [1.807, 2.05) is 0 Å². The highest BCUT2D eigenvalue weighted by atomic mass is 35.5. The molecule has 0 spiro atoms. The number of aromatic hydroxyl groups is 1. The number of ketones is 1. The lowest BCUT2D eigenvalue weighted by atomic mass is 9.56. The van der Waals surface area contributed by atoms with Crippen LogP contribution in [0, 0.1) is 29.4 Å². The number of carbonyl (C=O) groups is 5. The van der Waals surface area contributed by atoms with Crippen LogP contribution in [-0.2, 0) is 19.2 Å². The first-order valence-corrected chi connectivity index (χ1v) is 15.3. The van der Waals surface area contributed by atoms with Gasteiger partial charge < -0.3 is 5.11 Å². The number of rotatable bonds is 4. The molecule has 12 heteroatoms. The molecule has 46 heavy (non-hydrogen) atoms. The van der Waals surface area contributed by atoms with Crippen LogP contribution in [0.15, 0.2) is 78.4 Å². The van der Waals surface area contributed by atoms with Crippen molar-refractivity contribution in [3.8, 4) is 5.75 Å². The quantitative estimate of drug-likeness (QED) is 0.167. The number of allylic oxidation sites excluding steroid dienone is 2. The Bertz CT molecular complexity index is 1920. The third-order valence-electron chi connectivity index (χ3n) is 9.76. The highest BCUT2D eigenvalue weighted by Gasteiger charge is 2.77. The molecule has 2 aliphatic carbocycles. The molecule has 4 aliphatic rings. The lowest BCUT2D eigenvalue weighted by Gasteiger charge is -2.50. The summed E-state index contributed by atoms with van der Waals surface area (Å²) in [5.41, 5.74) is 0.894. The maximum absolute atomic E-state index is 14.9. The lowest BCUT2D eigenvalue weighted by Crippen LogP contribution is -2.60. The molecule has 1 saturated carbocycles. The van der Waals surface area contributed by atoms with E-state index >= 15 is 0 Å². The van der Waals surface area contributed by atoms with Crippen LogP contribution in [0.5, 0.6) is 5.75 Å². The van der Waals surface area contributed by atoms with Crippen molar-refractivity contribution in [3.63, 3.8) is 0 Å². The van der Waals surface area contributed by atoms with E-state index in [4.69, 9.17) is 23.2 Å². The van der Waals surface area contributed by atoms with Gasteiger partial charge in [-0.15, -0.1) is 23.2 Å². The van der Waals surface area contributed by atoms with E-state index in [2.05, 4.69) is 0 Å². The number of benzene rings is 3. The first-order chi connectivity index (χ1) is 21.8. The maximum Gasteiger partial charge on any atom is 0.258 e. The minimum Gasteiger partial charge on any atom is -0.505 e. The summed E-state index contributed by atoms with van der Waals surface area (Å²) in [6, 6.07) is 14.3. The number of amides is 4. The van der Waals surface area contributed by atoms with Gasteiger partial charge in [0.05, 0.1) is 23.2 Å². The first kappa shape index (κ1) is 30.3. The van der Waals surface area contributed by atoms with Gasteiger partial charge >= 0.3 is 0 Å². The number of nitrogens with zero attached hydrogens (tertiary/aromatic N) is 2. The molecule has 3 aromatic rings. The van der Waals surface area contributed by atoms with Gasteiger partial charge in [0.15, 0.2) is 27.1 Å². The fourth-order valence-corrected chi connectivity index (χ4v) is 8.54. The number of carbonyl (C=O) groups excluding carboxylic acids is 5. The van der Waals surface area contributed by atoms with E-state index in [1.165, 1.54) is 55.5 Å². The molecule has 0 aromatic heterocycles. The fourth-order valence-electron chi connectivity index (χ4n) is 7.61. The molecule has 6 atom stereocenters. The summed E-state index contributed by atoms with van der Waals surface area (Å²) in [7, 11) is 0. The summed E-state index contributed by atoms with van der Waals surface area (Å²) in [4.78, 5) is 65.5. The molecule has 2 saturated heterocycles. The van der Waals surface area contributed by atoms with E-state index in [0.717, 1.165) is 28.0 Å². The van der Waals surface area contributed by atoms with Crippen LogP contribution in [0.25, 0.3) is 0 Å². The molecule has 8 nitrogen and oxygen atoms in total. The Hall–Kier alpha value is -4.41. The van der Waals surface area contributed by atoms with Gasteiger partial charge in [0.25, 0.3) is 11.8 Å². The van der Waals surface area contributed by atoms with Crippen molar-refractivity contribution < 1.29 is 37.9 Å². The van der Waals surface area contributed by atoms with Crippen molar-refractivity contribution in [2.45, 2.75) is 35.4 Å². The number of Topliss-reactive ketones (excluding diaryl/α,β-unsaturated/α-hetero) is 1. The van der Waals surface area contributed by atoms with Gasteiger partial charge in [0.2, 0.25) is 11.8 Å². The Morgan fingerprint density at radius 3 is 2.13 bits per heavy atom. The number of alkyl halides is 2. The zero-order valence-electron chi connectivity index (χ0n) is 24.0. The topological polar surface area (TPSA) is 112 Å². The maximum atomic E-state index is 14.9. The monoisotopic (exact) mass is 664 g/mol. The van der Waals surface area contributed by atoms with Gasteiger partial charge in [-0.05, 0) is 80.3 Å². The molecule has 4 amide bonds. The lowest BCUT2D eigenvalue weighted by molar-refractivity contribution is -0.125. The third-order valence-corrected chi connectivity index (χ3v) is 11.2. The number of halogens is 4. The second-order valence-electron chi connectivity index (χ2n) is 12.0. The number of para-hydroxylation sites is 1. The van der Waals surface area contributed by atoms with Crippen LogP contribution in [-0.4, -0.2) is 44.3 Å². The van der Waals surface area contributed by atoms with Crippen LogP contribution in [0.4, 0.5) is 20.2 Å². The number of fused-ring (bicyclic) bond motifs is 4. The second kappa shape index (κ2) is 10.3. The van der Waals surface area contributed by atoms with E-state index < -0.39 is 74.4 Å². The molecule has 3 aromatic carbocycles. The van der Waals surface area contributed by atoms with Crippen molar-refractivity contribution in [1.29, 1.82) is 0 Å². The van der Waals surface area contributed by atoms with E-state index in [-0.39, 0.29) is 35.6 Å². The Kier molecular flexibility index (Phi) is 6.77. The van der Waals surface area contributed by atoms with Gasteiger partial charge in [0.1, 0.15) is 5.82 Å². The SMILES string of the molecule is CC(=O)c1ccc(N2C(=O)[C@H]3[C@H](CC=C4[C@H]3C[C@@]3(Cl)C(=O)N(c5ccc(F)cc5)C(=O)[C@@]3(Cl)[C@H]4c3cccc(F)c3O)C2=O)cc1. The summed E-state index contributed by atoms with van der Waals surface area (Å²) in [6.45, 7) is 1.39. The van der Waals surface area contributed by atoms with E-state index in [0.29, 0.717) is 11.1 Å². The van der Waals surface area contributed by atoms with Gasteiger partial charge in [-0.2, -0.15) is 0 Å². The van der Waals surface area contributed by atoms with Crippen molar-refractivity contribution >= 4 is 64.0 Å². The number of hydrogen-bond donors (Lipinski definition) is 1. The Morgan fingerprint density at radius 1 is 0.848 bits per heavy atom. The Labute approximate surface area is 271 Å². The van der Waals surface area contributed by atoms with Crippen LogP contribution in [0.3, 0.4) is 0 Å². The molecule has 3 fully saturated rings. The van der Waals surface area contributed by atoms with Crippen molar-refractivity contribution in [2.24, 2.45) is 17.8 Å². The normalized spacial score (nSPS) is 30.2. The molecule has 2 aliphatic heterocycles. The summed E-state index contributed by atoms with van der Waals surface area (Å²) in [6.07, 6.45) is 1.38. The fraction of sp³-hybridized carbons (Fsp3) is 0.265. The zero-order valence-corrected chi connectivity index (χ0v) is 25.6. The largest absolute Gasteiger partial charge is 0.505 e. The summed E-state index contributed by atoms with van der Waals surface area (Å²) in [5, 5.41) is 10.9. The second-order valence-corrected chi connectivity index (χ2v) is 13.3. The molecular formula is C34H24Cl2F2N2O6. The predicted octanol–water partition coefficient (Wildman–Crippen LogP) is 5.64. The number of phenolic OH excluding ortho intramolecular Hbond substituents is 1. The number of phenols is 1. The number of anilines is 2. The summed E-state index contributed by atoms with van der Waals surface area (Å²) in [5.74, 6) is -9.76. The minimum absolute atomic E-state index is 0.00445. The molecule has 7 rings (SSSR count). The van der Waals surface area contributed by atoms with Gasteiger partial charge in [-0.1, -0.05) is 23.8 Å². The van der Waals surface area contributed by atoms with Gasteiger partial charge in [-0.3, -0.25) is 28.9 Å². The van der Waals surface area contributed by atoms with E-state index in [9.17, 15) is 37.9 Å². The van der Waals surface area contributed by atoms with Crippen molar-refractivity contribution in [3.05, 3.63) is 101 Å². The smallest absolute Gasteiger partial charge is 0.258 e. The number of imide groups is 2. The van der Waals surface area contributed by atoms with E-state index in [1.54, 1.807) is 6.08 Å². The highest BCUT2D eigenvalue weighted by Crippen LogP contribution is 2.66. The first-order valence-electron chi connectivity index (χ1n) is 14.5. The Morgan fingerprint density at radius 2 is 1.48 bits per heavy atom. The van der Waals surface area contributed by atoms with Crippen LogP contribution in [0.2, 0.25) is 0 Å². The van der Waals surface area contributed by atoms with Crippen LogP contribution < -0.4 is 9.80 Å². The standard InChI is InChI=1S/C34H24Cl2F2N2O6/c1-16(41)17-5-9-19(10-6-17)39-29(43)22-14-13-21-24(26(22)30(39)44)15-33(35)31(45)40(20-11-7-18(37)8-12-20)32(46)34(33,36)27(21)23-3-2-4-25(38)28(23)42/h2-13,22,24,26-27,42H,14-15H2,1H3/t22-,24+,26-,27+,33+,34-/m0/s1. The molecular weight excluding hydrogens is 641 g/mol. The highest BCUT2D eigenvalue weighted by molar-refractivity contribution is 6.58. The third kappa shape index (κ3) is 3.92. The van der Waals surface area contributed by atoms with Crippen LogP contribution in [0.1, 0.15) is 41.6 Å². The molecule has 0 unspecified atom stereocenters. The van der Waals surface area contributed by atoms with Gasteiger partial charge in [-0.25, -0.2) is 13.7 Å². The van der Waals surface area contributed by atoms with Crippen LogP contribution >= 0.6 is 23.2 Å². The number of hydrogen-bond acceptors (Lipinski definition) is 6.